The van der Waals surface area contributed by atoms with Gasteiger partial charge in [0, 0.05) is 6.42 Å². The summed E-state index contributed by atoms with van der Waals surface area (Å²) < 4.78 is 1.80. The molecule has 0 saturated carbocycles. The quantitative estimate of drug-likeness (QED) is 0.541. The van der Waals surface area contributed by atoms with Gasteiger partial charge in [-0.3, -0.25) is 9.36 Å². The van der Waals surface area contributed by atoms with Crippen molar-refractivity contribution in [3.8, 4) is 5.69 Å². The topological polar surface area (TPSA) is 39.3 Å². The van der Waals surface area contributed by atoms with Gasteiger partial charge in [0.1, 0.15) is 11.4 Å². The fourth-order valence-corrected chi connectivity index (χ4v) is 5.83. The van der Waals surface area contributed by atoms with Gasteiger partial charge < -0.3 is 4.90 Å². The second-order valence-corrected chi connectivity index (χ2v) is 8.98. The number of aromatic nitrogens is 2. The van der Waals surface area contributed by atoms with Crippen LogP contribution in [-0.4, -0.2) is 28.4 Å². The van der Waals surface area contributed by atoms with E-state index in [4.69, 9.17) is 4.98 Å². The third-order valence-electron chi connectivity index (χ3n) is 4.91. The molecule has 0 spiro atoms. The van der Waals surface area contributed by atoms with Crippen LogP contribution in [0.3, 0.4) is 0 Å². The number of hydrogen-bond acceptors (Lipinski definition) is 4. The Morgan fingerprint density at radius 3 is 2.81 bits per heavy atom. The Bertz CT molecular complexity index is 978. The van der Waals surface area contributed by atoms with Gasteiger partial charge in [-0.15, -0.1) is 11.3 Å². The Morgan fingerprint density at radius 2 is 2.08 bits per heavy atom. The molecule has 4 nitrogen and oxygen atoms in total. The molecule has 0 aliphatic carbocycles. The first-order valence-corrected chi connectivity index (χ1v) is 11.1. The number of thioether (sulfide) groups is 1. The van der Waals surface area contributed by atoms with Crippen LogP contribution in [0.5, 0.6) is 0 Å². The average molecular weight is 387 g/mol. The molecule has 0 saturated heterocycles. The van der Waals surface area contributed by atoms with E-state index < -0.39 is 0 Å². The van der Waals surface area contributed by atoms with Crippen LogP contribution in [0, 0.1) is 0 Å². The van der Waals surface area contributed by atoms with Crippen LogP contribution < -0.4 is 10.5 Å². The summed E-state index contributed by atoms with van der Waals surface area (Å²) in [4.78, 5) is 22.3. The molecule has 6 heteroatoms. The largest absolute Gasteiger partial charge is 0.330 e. The average Bonchev–Trinajstić information content (AvgIpc) is 3.01. The number of para-hydroxylation sites is 1. The summed E-state index contributed by atoms with van der Waals surface area (Å²) in [6.45, 7) is 7.68. The van der Waals surface area contributed by atoms with Crippen molar-refractivity contribution in [2.24, 2.45) is 0 Å². The minimum Gasteiger partial charge on any atom is -0.330 e. The molecule has 26 heavy (non-hydrogen) atoms. The Hall–Kier alpha value is -1.63. The normalized spacial score (nSPS) is 16.8. The lowest BCUT2D eigenvalue weighted by Gasteiger charge is -2.23. The molecule has 1 aliphatic rings. The first-order chi connectivity index (χ1) is 12.7. The fraction of sp³-hybridized carbons (Fsp3) is 0.400. The highest BCUT2D eigenvalue weighted by Gasteiger charge is 2.27. The minimum atomic E-state index is 0.0913. The van der Waals surface area contributed by atoms with E-state index >= 15 is 0 Å². The zero-order valence-electron chi connectivity index (χ0n) is 15.2. The van der Waals surface area contributed by atoms with Gasteiger partial charge in [0.15, 0.2) is 5.16 Å². The number of rotatable bonds is 5. The summed E-state index contributed by atoms with van der Waals surface area (Å²) in [5, 5.41) is 1.65. The summed E-state index contributed by atoms with van der Waals surface area (Å²) in [6, 6.07) is 9.90. The van der Waals surface area contributed by atoms with E-state index in [-0.39, 0.29) is 5.56 Å². The van der Waals surface area contributed by atoms with Crippen LogP contribution in [-0.2, 0) is 13.0 Å². The minimum absolute atomic E-state index is 0.0913. The Labute approximate surface area is 161 Å². The van der Waals surface area contributed by atoms with Crippen molar-refractivity contribution < 1.29 is 4.90 Å². The first-order valence-electron chi connectivity index (χ1n) is 9.32. The van der Waals surface area contributed by atoms with Crippen LogP contribution in [0.15, 0.2) is 40.3 Å². The predicted octanol–water partition coefficient (Wildman–Crippen LogP) is 2.91. The molecule has 1 N–H and O–H groups in total. The fourth-order valence-electron chi connectivity index (χ4n) is 3.75. The van der Waals surface area contributed by atoms with Crippen molar-refractivity contribution in [2.45, 2.75) is 38.4 Å². The molecular weight excluding hydrogens is 362 g/mol. The Balaban J connectivity index is 1.91. The summed E-state index contributed by atoms with van der Waals surface area (Å²) in [6.07, 6.45) is 2.18. The van der Waals surface area contributed by atoms with E-state index in [0.717, 1.165) is 46.3 Å². The number of fused-ring (bicyclic) bond motifs is 3. The molecule has 0 bridgehead atoms. The first kappa shape index (κ1) is 17.8. The number of hydrogen-bond donors (Lipinski definition) is 1. The van der Waals surface area contributed by atoms with Crippen LogP contribution in [0.4, 0.5) is 0 Å². The van der Waals surface area contributed by atoms with Crippen molar-refractivity contribution in [1.29, 1.82) is 0 Å². The summed E-state index contributed by atoms with van der Waals surface area (Å²) in [5.41, 5.74) is 2.24. The Morgan fingerprint density at radius 1 is 1.27 bits per heavy atom. The summed E-state index contributed by atoms with van der Waals surface area (Å²) in [5.74, 6) is 0.893. The third kappa shape index (κ3) is 3.10. The van der Waals surface area contributed by atoms with Crippen LogP contribution >= 0.6 is 23.1 Å². The zero-order valence-corrected chi connectivity index (χ0v) is 16.9. The van der Waals surface area contributed by atoms with Crippen molar-refractivity contribution in [3.05, 3.63) is 51.1 Å². The molecule has 3 heterocycles. The predicted molar refractivity (Wildman–Crippen MR) is 110 cm³/mol. The molecule has 0 radical (unpaired) electrons. The van der Waals surface area contributed by atoms with E-state index in [9.17, 15) is 4.79 Å². The lowest BCUT2D eigenvalue weighted by atomic mass is 10.1. The van der Waals surface area contributed by atoms with E-state index in [0.29, 0.717) is 0 Å². The van der Waals surface area contributed by atoms with Gasteiger partial charge in [0.05, 0.1) is 29.0 Å². The van der Waals surface area contributed by atoms with E-state index in [1.54, 1.807) is 32.6 Å². The van der Waals surface area contributed by atoms with Crippen LogP contribution in [0.2, 0.25) is 0 Å². The molecule has 4 rings (SSSR count). The van der Waals surface area contributed by atoms with Gasteiger partial charge in [-0.05, 0) is 29.9 Å². The summed E-state index contributed by atoms with van der Waals surface area (Å²) in [7, 11) is 0. The van der Waals surface area contributed by atoms with Crippen molar-refractivity contribution >= 4 is 33.3 Å². The van der Waals surface area contributed by atoms with Gasteiger partial charge in [-0.25, -0.2) is 4.98 Å². The maximum absolute atomic E-state index is 13.5. The van der Waals surface area contributed by atoms with Gasteiger partial charge in [0.2, 0.25) is 0 Å². The number of nitrogens with one attached hydrogen (secondary N) is 1. The highest BCUT2D eigenvalue weighted by molar-refractivity contribution is 7.99. The van der Waals surface area contributed by atoms with Gasteiger partial charge in [0.25, 0.3) is 5.56 Å². The second kappa shape index (κ2) is 7.55. The van der Waals surface area contributed by atoms with Gasteiger partial charge in [-0.2, -0.15) is 0 Å². The van der Waals surface area contributed by atoms with Crippen molar-refractivity contribution in [3.63, 3.8) is 0 Å². The van der Waals surface area contributed by atoms with Crippen molar-refractivity contribution in [2.75, 3.05) is 18.8 Å². The second-order valence-electron chi connectivity index (χ2n) is 6.66. The summed E-state index contributed by atoms with van der Waals surface area (Å²) >= 11 is 3.36. The standard InChI is InChI=1S/C20H23N3OS2/c1-3-11-22-12-10-15-16(13-22)26-18-17(15)19(24)23(20(21-18)25-4-2)14-8-6-5-7-9-14/h5-9H,3-4,10-13H2,1-2H3/p+1. The molecule has 1 atom stereocenters. The highest BCUT2D eigenvalue weighted by Crippen LogP contribution is 2.31. The Kier molecular flexibility index (Phi) is 5.16. The lowest BCUT2D eigenvalue weighted by Crippen LogP contribution is -3.11. The molecule has 1 aromatic carbocycles. The smallest absolute Gasteiger partial charge is 0.267 e. The van der Waals surface area contributed by atoms with Gasteiger partial charge in [-0.1, -0.05) is 43.8 Å². The lowest BCUT2D eigenvalue weighted by molar-refractivity contribution is -0.915. The molecule has 136 valence electrons. The SMILES string of the molecule is CCC[NH+]1CCc2c(sc3nc(SCC)n(-c4ccccc4)c(=O)c23)C1. The highest BCUT2D eigenvalue weighted by atomic mass is 32.2. The monoisotopic (exact) mass is 386 g/mol. The molecule has 2 aromatic heterocycles. The molecule has 0 amide bonds. The zero-order chi connectivity index (χ0) is 18.1. The number of benzene rings is 1. The van der Waals surface area contributed by atoms with Crippen LogP contribution in [0.1, 0.15) is 30.7 Å². The molecule has 1 unspecified atom stereocenters. The maximum atomic E-state index is 13.5. The van der Waals surface area contributed by atoms with E-state index in [1.165, 1.54) is 23.4 Å². The molecule has 3 aromatic rings. The molecular formula is C20H24N3OS2+. The third-order valence-corrected chi connectivity index (χ3v) is 6.85. The van der Waals surface area contributed by atoms with E-state index in [2.05, 4.69) is 13.8 Å². The molecule has 0 fully saturated rings. The maximum Gasteiger partial charge on any atom is 0.267 e. The number of quaternary nitrogens is 1. The van der Waals surface area contributed by atoms with Crippen molar-refractivity contribution in [1.82, 2.24) is 9.55 Å². The van der Waals surface area contributed by atoms with E-state index in [1.807, 2.05) is 30.3 Å². The number of thiophene rings is 1. The van der Waals surface area contributed by atoms with Gasteiger partial charge >= 0.3 is 0 Å². The number of nitrogens with zero attached hydrogens (tertiary/aromatic N) is 2. The van der Waals surface area contributed by atoms with Crippen LogP contribution in [0.25, 0.3) is 15.9 Å². The molecule has 1 aliphatic heterocycles.